The van der Waals surface area contributed by atoms with Crippen LogP contribution in [0.15, 0.2) is 41.3 Å². The summed E-state index contributed by atoms with van der Waals surface area (Å²) < 4.78 is 60.4. The molecular weight excluding hydrogens is 436 g/mol. The number of hydrogen-bond acceptors (Lipinski definition) is 5. The molecule has 2 aromatic rings. The summed E-state index contributed by atoms with van der Waals surface area (Å²) in [7, 11) is -7.09. The number of benzene rings is 2. The Bertz CT molecular complexity index is 1140. The third-order valence-electron chi connectivity index (χ3n) is 5.21. The van der Waals surface area contributed by atoms with E-state index in [9.17, 15) is 16.8 Å². The predicted molar refractivity (Wildman–Crippen MR) is 122 cm³/mol. The molecule has 1 aliphatic heterocycles. The summed E-state index contributed by atoms with van der Waals surface area (Å²) in [5.74, 6) is 0.786. The second kappa shape index (κ2) is 9.58. The Labute approximate surface area is 185 Å². The maximum Gasteiger partial charge on any atom is 0.261 e. The van der Waals surface area contributed by atoms with Crippen LogP contribution in [0.3, 0.4) is 0 Å². The van der Waals surface area contributed by atoms with Crippen LogP contribution in [0.4, 0.5) is 5.69 Å². The fraction of sp³-hybridized carbons (Fsp3) is 0.455. The van der Waals surface area contributed by atoms with Crippen molar-refractivity contribution in [3.8, 4) is 5.75 Å². The molecule has 170 valence electrons. The molecule has 0 saturated carbocycles. The van der Waals surface area contributed by atoms with Crippen LogP contribution in [0.1, 0.15) is 43.4 Å². The molecule has 0 fully saturated rings. The third kappa shape index (κ3) is 5.58. The summed E-state index contributed by atoms with van der Waals surface area (Å²) in [6.07, 6.45) is 2.05. The van der Waals surface area contributed by atoms with Gasteiger partial charge in [0.2, 0.25) is 10.0 Å². The first kappa shape index (κ1) is 23.6. The number of nitrogens with one attached hydrogen (secondary N) is 1. The van der Waals surface area contributed by atoms with Crippen molar-refractivity contribution >= 4 is 25.7 Å². The Balaban J connectivity index is 1.80. The molecule has 0 bridgehead atoms. The van der Waals surface area contributed by atoms with Crippen LogP contribution in [-0.4, -0.2) is 40.0 Å². The molecule has 7 nitrogen and oxygen atoms in total. The van der Waals surface area contributed by atoms with E-state index >= 15 is 0 Å². The lowest BCUT2D eigenvalue weighted by Crippen LogP contribution is -2.37. The Morgan fingerprint density at radius 1 is 1.00 bits per heavy atom. The van der Waals surface area contributed by atoms with Gasteiger partial charge in [0.1, 0.15) is 5.75 Å². The minimum absolute atomic E-state index is 0.117. The van der Waals surface area contributed by atoms with Gasteiger partial charge in [0.25, 0.3) is 10.0 Å². The van der Waals surface area contributed by atoms with Gasteiger partial charge in [-0.3, -0.25) is 4.72 Å². The molecule has 1 aliphatic rings. The first-order valence-electron chi connectivity index (χ1n) is 10.5. The zero-order valence-corrected chi connectivity index (χ0v) is 19.9. The zero-order valence-electron chi connectivity index (χ0n) is 18.2. The van der Waals surface area contributed by atoms with Crippen molar-refractivity contribution in [1.29, 1.82) is 0 Å². The Morgan fingerprint density at radius 3 is 2.45 bits per heavy atom. The topological polar surface area (TPSA) is 92.8 Å². The van der Waals surface area contributed by atoms with Crippen molar-refractivity contribution in [2.75, 3.05) is 23.6 Å². The summed E-state index contributed by atoms with van der Waals surface area (Å²) in [6, 6.07) is 10.1. The molecule has 31 heavy (non-hydrogen) atoms. The van der Waals surface area contributed by atoms with E-state index in [0.29, 0.717) is 37.4 Å². The summed E-state index contributed by atoms with van der Waals surface area (Å²) in [6.45, 7) is 6.95. The second-order valence-electron chi connectivity index (χ2n) is 7.76. The van der Waals surface area contributed by atoms with Gasteiger partial charge in [-0.25, -0.2) is 16.8 Å². The van der Waals surface area contributed by atoms with E-state index in [1.807, 2.05) is 26.8 Å². The van der Waals surface area contributed by atoms with Crippen LogP contribution in [0, 0.1) is 6.92 Å². The number of sulfonamides is 2. The molecule has 9 heteroatoms. The number of fused-ring (bicyclic) bond motifs is 1. The smallest absolute Gasteiger partial charge is 0.261 e. The predicted octanol–water partition coefficient (Wildman–Crippen LogP) is 3.68. The standard InChI is InChI=1S/C22H30N2O5S2/c1-4-12-29-22-9-8-21(14-17(22)3)31(27,28)23-20-7-6-18-10-11-24(16-19(18)15-20)30(25,26)13-5-2/h6-9,14-15,23H,4-5,10-13,16H2,1-3H3. The van der Waals surface area contributed by atoms with Crippen LogP contribution in [-0.2, 0) is 33.0 Å². The maximum atomic E-state index is 12.9. The molecule has 0 amide bonds. The molecule has 0 spiro atoms. The summed E-state index contributed by atoms with van der Waals surface area (Å²) in [5, 5.41) is 0. The van der Waals surface area contributed by atoms with E-state index < -0.39 is 20.0 Å². The second-order valence-corrected chi connectivity index (χ2v) is 11.5. The van der Waals surface area contributed by atoms with Crippen molar-refractivity contribution in [1.82, 2.24) is 4.31 Å². The van der Waals surface area contributed by atoms with E-state index in [1.54, 1.807) is 24.3 Å². The van der Waals surface area contributed by atoms with Crippen LogP contribution >= 0.6 is 0 Å². The van der Waals surface area contributed by atoms with Crippen LogP contribution in [0.25, 0.3) is 0 Å². The first-order valence-corrected chi connectivity index (χ1v) is 13.6. The van der Waals surface area contributed by atoms with Gasteiger partial charge in [0.05, 0.1) is 17.3 Å². The highest BCUT2D eigenvalue weighted by molar-refractivity contribution is 7.92. The number of rotatable bonds is 9. The highest BCUT2D eigenvalue weighted by Gasteiger charge is 2.26. The zero-order chi connectivity index (χ0) is 22.6. The van der Waals surface area contributed by atoms with Crippen LogP contribution in [0.2, 0.25) is 0 Å². The van der Waals surface area contributed by atoms with E-state index in [2.05, 4.69) is 4.72 Å². The monoisotopic (exact) mass is 466 g/mol. The van der Waals surface area contributed by atoms with Crippen molar-refractivity contribution in [3.63, 3.8) is 0 Å². The SMILES string of the molecule is CCCOc1ccc(S(=O)(=O)Nc2ccc3c(c2)CN(S(=O)(=O)CCC)CC3)cc1C. The minimum Gasteiger partial charge on any atom is -0.493 e. The Morgan fingerprint density at radius 2 is 1.77 bits per heavy atom. The van der Waals surface area contributed by atoms with E-state index in [0.717, 1.165) is 23.1 Å². The highest BCUT2D eigenvalue weighted by atomic mass is 32.2. The van der Waals surface area contributed by atoms with E-state index in [4.69, 9.17) is 4.74 Å². The average molecular weight is 467 g/mol. The normalized spacial score (nSPS) is 14.8. The van der Waals surface area contributed by atoms with Crippen molar-refractivity contribution in [2.45, 2.75) is 51.5 Å². The molecule has 1 N–H and O–H groups in total. The Kier molecular flexibility index (Phi) is 7.28. The van der Waals surface area contributed by atoms with Crippen LogP contribution in [0.5, 0.6) is 5.75 Å². The molecule has 2 aromatic carbocycles. The molecular formula is C22H30N2O5S2. The molecule has 0 aromatic heterocycles. The molecule has 0 atom stereocenters. The number of hydrogen-bond donors (Lipinski definition) is 1. The summed E-state index contributed by atoms with van der Waals surface area (Å²) in [4.78, 5) is 0.152. The maximum absolute atomic E-state index is 12.9. The fourth-order valence-corrected chi connectivity index (χ4v) is 6.21. The van der Waals surface area contributed by atoms with Crippen molar-refractivity contribution in [2.24, 2.45) is 0 Å². The lowest BCUT2D eigenvalue weighted by Gasteiger charge is -2.28. The molecule has 0 saturated heterocycles. The number of anilines is 1. The van der Waals surface area contributed by atoms with E-state index in [-0.39, 0.29) is 17.2 Å². The lowest BCUT2D eigenvalue weighted by molar-refractivity contribution is 0.315. The van der Waals surface area contributed by atoms with Gasteiger partial charge >= 0.3 is 0 Å². The first-order chi connectivity index (χ1) is 14.7. The van der Waals surface area contributed by atoms with Gasteiger partial charge in [-0.2, -0.15) is 4.31 Å². The van der Waals surface area contributed by atoms with Gasteiger partial charge < -0.3 is 4.74 Å². The number of ether oxygens (including phenoxy) is 1. The largest absolute Gasteiger partial charge is 0.493 e. The Hall–Kier alpha value is -2.10. The van der Waals surface area contributed by atoms with Gasteiger partial charge in [-0.15, -0.1) is 0 Å². The van der Waals surface area contributed by atoms with Crippen molar-refractivity contribution < 1.29 is 21.6 Å². The van der Waals surface area contributed by atoms with Gasteiger partial charge in [-0.1, -0.05) is 19.9 Å². The fourth-order valence-electron chi connectivity index (χ4n) is 3.60. The van der Waals surface area contributed by atoms with Gasteiger partial charge in [0.15, 0.2) is 0 Å². The van der Waals surface area contributed by atoms with E-state index in [1.165, 1.54) is 10.4 Å². The summed E-state index contributed by atoms with van der Waals surface area (Å²) in [5.41, 5.74) is 3.03. The number of nitrogens with zero attached hydrogens (tertiary/aromatic N) is 1. The minimum atomic E-state index is -3.79. The highest BCUT2D eigenvalue weighted by Crippen LogP contribution is 2.27. The average Bonchev–Trinajstić information content (AvgIpc) is 2.72. The third-order valence-corrected chi connectivity index (χ3v) is 8.61. The number of aryl methyl sites for hydroxylation is 1. The molecule has 0 aliphatic carbocycles. The lowest BCUT2D eigenvalue weighted by atomic mass is 10.0. The molecule has 0 unspecified atom stereocenters. The quantitative estimate of drug-likeness (QED) is 0.609. The summed E-state index contributed by atoms with van der Waals surface area (Å²) >= 11 is 0. The molecule has 0 radical (unpaired) electrons. The van der Waals surface area contributed by atoms with Crippen LogP contribution < -0.4 is 9.46 Å². The van der Waals surface area contributed by atoms with Gasteiger partial charge in [-0.05, 0) is 73.2 Å². The van der Waals surface area contributed by atoms with Crippen molar-refractivity contribution in [3.05, 3.63) is 53.1 Å². The van der Waals surface area contributed by atoms with Gasteiger partial charge in [0, 0.05) is 18.8 Å². The molecule has 1 heterocycles. The molecule has 3 rings (SSSR count).